The van der Waals surface area contributed by atoms with Gasteiger partial charge in [-0.15, -0.1) is 0 Å². The van der Waals surface area contributed by atoms with Gasteiger partial charge in [-0.05, 0) is 38.5 Å². The molecule has 1 saturated heterocycles. The van der Waals surface area contributed by atoms with Crippen molar-refractivity contribution in [2.45, 2.75) is 38.2 Å². The van der Waals surface area contributed by atoms with Crippen molar-refractivity contribution in [1.29, 1.82) is 0 Å². The topological polar surface area (TPSA) is 46.6 Å². The highest BCUT2D eigenvalue weighted by molar-refractivity contribution is 9.10. The zero-order valence-electron chi connectivity index (χ0n) is 12.6. The van der Waals surface area contributed by atoms with Gasteiger partial charge in [-0.2, -0.15) is 0 Å². The summed E-state index contributed by atoms with van der Waals surface area (Å²) in [4.78, 5) is 24.7. The van der Waals surface area contributed by atoms with Crippen LogP contribution in [0.25, 0.3) is 0 Å². The van der Waals surface area contributed by atoms with Crippen molar-refractivity contribution in [1.82, 2.24) is 4.90 Å². The predicted octanol–water partition coefficient (Wildman–Crippen LogP) is 3.53. The Hall–Kier alpha value is -1.36. The van der Waals surface area contributed by atoms with Crippen LogP contribution in [0.4, 0.5) is 4.79 Å². The van der Waals surface area contributed by atoms with Crippen LogP contribution in [0.1, 0.15) is 32.8 Å². The van der Waals surface area contributed by atoms with E-state index in [4.69, 9.17) is 4.74 Å². The van der Waals surface area contributed by atoms with Crippen LogP contribution in [0, 0.1) is 0 Å². The van der Waals surface area contributed by atoms with Gasteiger partial charge in [0.1, 0.15) is 11.9 Å². The number of likely N-dealkylation sites (tertiary alicyclic amines) is 1. The van der Waals surface area contributed by atoms with E-state index in [2.05, 4.69) is 15.9 Å². The first-order chi connectivity index (χ1) is 9.76. The van der Waals surface area contributed by atoms with Crippen LogP contribution < -0.4 is 0 Å². The van der Waals surface area contributed by atoms with Crippen LogP contribution in [-0.2, 0) is 14.9 Å². The lowest BCUT2D eigenvalue weighted by Crippen LogP contribution is -2.62. The zero-order valence-corrected chi connectivity index (χ0v) is 14.1. The first-order valence-electron chi connectivity index (χ1n) is 6.93. The summed E-state index contributed by atoms with van der Waals surface area (Å²) >= 11 is 3.45. The molecule has 2 rings (SSSR count). The Morgan fingerprint density at radius 3 is 2.62 bits per heavy atom. The summed E-state index contributed by atoms with van der Waals surface area (Å²) in [6.45, 7) is 6.56. The minimum atomic E-state index is -0.504. The van der Waals surface area contributed by atoms with E-state index in [1.807, 2.05) is 45.0 Å². The molecule has 0 saturated carbocycles. The highest BCUT2D eigenvalue weighted by Gasteiger charge is 2.47. The minimum absolute atomic E-state index is 0.289. The molecular formula is C16H20BrNO3. The van der Waals surface area contributed by atoms with Crippen LogP contribution in [-0.4, -0.2) is 36.0 Å². The van der Waals surface area contributed by atoms with E-state index in [0.717, 1.165) is 16.3 Å². The highest BCUT2D eigenvalue weighted by Crippen LogP contribution is 2.38. The second kappa shape index (κ2) is 5.79. The molecule has 1 fully saturated rings. The van der Waals surface area contributed by atoms with E-state index in [-0.39, 0.29) is 11.5 Å². The molecule has 0 spiro atoms. The average Bonchev–Trinajstić information content (AvgIpc) is 2.30. The lowest BCUT2D eigenvalue weighted by atomic mass is 9.72. The molecule has 114 valence electrons. The number of aldehydes is 1. The van der Waals surface area contributed by atoms with Crippen LogP contribution in [0.3, 0.4) is 0 Å². The van der Waals surface area contributed by atoms with Gasteiger partial charge in [-0.25, -0.2) is 4.79 Å². The molecular weight excluding hydrogens is 334 g/mol. The van der Waals surface area contributed by atoms with Crippen LogP contribution in [0.2, 0.25) is 0 Å². The average molecular weight is 354 g/mol. The van der Waals surface area contributed by atoms with Crippen LogP contribution in [0.15, 0.2) is 28.7 Å². The SMILES string of the molecule is CC(C)(C)OC(=O)N1CC(CC=O)(c2cccc(Br)c2)C1. The summed E-state index contributed by atoms with van der Waals surface area (Å²) in [6, 6.07) is 7.90. The summed E-state index contributed by atoms with van der Waals surface area (Å²) in [5.41, 5.74) is 0.279. The number of nitrogens with zero attached hydrogens (tertiary/aromatic N) is 1. The van der Waals surface area contributed by atoms with Gasteiger partial charge in [-0.1, -0.05) is 28.1 Å². The second-order valence-corrected chi connectivity index (χ2v) is 7.41. The zero-order chi connectivity index (χ0) is 15.7. The first-order valence-corrected chi connectivity index (χ1v) is 7.73. The monoisotopic (exact) mass is 353 g/mol. The summed E-state index contributed by atoms with van der Waals surface area (Å²) in [6.07, 6.45) is 1.01. The number of hydrogen-bond acceptors (Lipinski definition) is 3. The standard InChI is InChI=1S/C16H20BrNO3/c1-15(2,3)21-14(20)18-10-16(11-18,7-8-19)12-5-4-6-13(17)9-12/h4-6,8-9H,7,10-11H2,1-3H3. The number of rotatable bonds is 3. The van der Waals surface area contributed by atoms with Crippen molar-refractivity contribution in [3.05, 3.63) is 34.3 Å². The Morgan fingerprint density at radius 2 is 2.10 bits per heavy atom. The lowest BCUT2D eigenvalue weighted by Gasteiger charge is -2.49. The van der Waals surface area contributed by atoms with E-state index < -0.39 is 5.60 Å². The minimum Gasteiger partial charge on any atom is -0.444 e. The third-order valence-corrected chi connectivity index (χ3v) is 4.04. The largest absolute Gasteiger partial charge is 0.444 e. The molecule has 4 nitrogen and oxygen atoms in total. The number of carbonyl (C=O) groups excluding carboxylic acids is 2. The number of ether oxygens (including phenoxy) is 1. The van der Waals surface area contributed by atoms with Gasteiger partial charge < -0.3 is 14.4 Å². The highest BCUT2D eigenvalue weighted by atomic mass is 79.9. The van der Waals surface area contributed by atoms with Crippen molar-refractivity contribution < 1.29 is 14.3 Å². The Labute approximate surface area is 133 Å². The molecule has 0 N–H and O–H groups in total. The fourth-order valence-corrected chi connectivity index (χ4v) is 2.95. The molecule has 1 aromatic rings. The third kappa shape index (κ3) is 3.64. The number of benzene rings is 1. The second-order valence-electron chi connectivity index (χ2n) is 6.50. The number of carbonyl (C=O) groups is 2. The fourth-order valence-electron chi connectivity index (χ4n) is 2.55. The van der Waals surface area contributed by atoms with Gasteiger partial charge in [0.2, 0.25) is 0 Å². The molecule has 21 heavy (non-hydrogen) atoms. The summed E-state index contributed by atoms with van der Waals surface area (Å²) in [5.74, 6) is 0. The van der Waals surface area contributed by atoms with E-state index in [1.54, 1.807) is 4.90 Å². The molecule has 5 heteroatoms. The Kier molecular flexibility index (Phi) is 4.42. The fraction of sp³-hybridized carbons (Fsp3) is 0.500. The third-order valence-electron chi connectivity index (χ3n) is 3.55. The van der Waals surface area contributed by atoms with E-state index in [9.17, 15) is 9.59 Å². The molecule has 0 radical (unpaired) electrons. The van der Waals surface area contributed by atoms with Crippen molar-refractivity contribution in [3.8, 4) is 0 Å². The number of hydrogen-bond donors (Lipinski definition) is 0. The maximum atomic E-state index is 12.0. The molecule has 0 atom stereocenters. The predicted molar refractivity (Wildman–Crippen MR) is 84.3 cm³/mol. The lowest BCUT2D eigenvalue weighted by molar-refractivity contribution is -0.110. The smallest absolute Gasteiger partial charge is 0.410 e. The Bertz CT molecular complexity index is 545. The summed E-state index contributed by atoms with van der Waals surface area (Å²) in [7, 11) is 0. The van der Waals surface area contributed by atoms with Crippen molar-refractivity contribution in [3.63, 3.8) is 0 Å². The van der Waals surface area contributed by atoms with Crippen molar-refractivity contribution >= 4 is 28.3 Å². The van der Waals surface area contributed by atoms with Crippen LogP contribution >= 0.6 is 15.9 Å². The van der Waals surface area contributed by atoms with E-state index in [0.29, 0.717) is 19.5 Å². The molecule has 1 heterocycles. The van der Waals surface area contributed by atoms with Gasteiger partial charge in [0, 0.05) is 29.4 Å². The van der Waals surface area contributed by atoms with E-state index in [1.165, 1.54) is 0 Å². The molecule has 0 aliphatic carbocycles. The molecule has 1 aromatic carbocycles. The Morgan fingerprint density at radius 1 is 1.43 bits per heavy atom. The van der Waals surface area contributed by atoms with Gasteiger partial charge in [-0.3, -0.25) is 0 Å². The van der Waals surface area contributed by atoms with Crippen molar-refractivity contribution in [2.24, 2.45) is 0 Å². The summed E-state index contributed by atoms with van der Waals surface area (Å²) in [5, 5.41) is 0. The normalized spacial score (nSPS) is 17.0. The van der Waals surface area contributed by atoms with Gasteiger partial charge >= 0.3 is 6.09 Å². The molecule has 1 aliphatic heterocycles. The maximum Gasteiger partial charge on any atom is 0.410 e. The molecule has 0 unspecified atom stereocenters. The van der Waals surface area contributed by atoms with Crippen LogP contribution in [0.5, 0.6) is 0 Å². The van der Waals surface area contributed by atoms with Gasteiger partial charge in [0.25, 0.3) is 0 Å². The summed E-state index contributed by atoms with van der Waals surface area (Å²) < 4.78 is 6.34. The number of halogens is 1. The Balaban J connectivity index is 2.11. The molecule has 1 amide bonds. The molecule has 0 bridgehead atoms. The first kappa shape index (κ1) is 16.0. The molecule has 0 aromatic heterocycles. The number of amides is 1. The van der Waals surface area contributed by atoms with Crippen molar-refractivity contribution in [2.75, 3.05) is 13.1 Å². The van der Waals surface area contributed by atoms with Gasteiger partial charge in [0.05, 0.1) is 0 Å². The van der Waals surface area contributed by atoms with E-state index >= 15 is 0 Å². The quantitative estimate of drug-likeness (QED) is 0.781. The maximum absolute atomic E-state index is 12.0. The molecule has 1 aliphatic rings. The van der Waals surface area contributed by atoms with Gasteiger partial charge in [0.15, 0.2) is 0 Å².